The smallest absolute Gasteiger partial charge is 0.296 e. The summed E-state index contributed by atoms with van der Waals surface area (Å²) in [6.45, 7) is 0. The largest absolute Gasteiger partial charge is 0.322 e. The van der Waals surface area contributed by atoms with E-state index in [1.165, 1.54) is 48.5 Å². The average Bonchev–Trinajstić information content (AvgIpc) is 2.37. The number of nitrogens with one attached hydrogen (secondary N) is 2. The molecule has 0 aliphatic rings. The van der Waals surface area contributed by atoms with Crippen molar-refractivity contribution < 1.29 is 17.6 Å². The average molecular weight is 309 g/mol. The minimum Gasteiger partial charge on any atom is -0.322 e. The van der Waals surface area contributed by atoms with Gasteiger partial charge in [0.25, 0.3) is 16.1 Å². The van der Waals surface area contributed by atoms with E-state index in [4.69, 9.17) is 5.14 Å². The number of benzene rings is 2. The van der Waals surface area contributed by atoms with Gasteiger partial charge >= 0.3 is 0 Å². The third-order valence-electron chi connectivity index (χ3n) is 2.50. The standard InChI is InChI=1S/C13H12FN3O3S/c14-12-7-2-1-6-11(12)13(18)16-9-4-3-5-10(8-9)17-21(15,19)20/h1-8,17H,(H,16,18)(H2,15,19,20). The third kappa shape index (κ3) is 4.26. The highest BCUT2D eigenvalue weighted by Gasteiger charge is 2.11. The van der Waals surface area contributed by atoms with E-state index in [9.17, 15) is 17.6 Å². The monoisotopic (exact) mass is 309 g/mol. The molecular weight excluding hydrogens is 297 g/mol. The van der Waals surface area contributed by atoms with Gasteiger partial charge in [-0.3, -0.25) is 9.52 Å². The van der Waals surface area contributed by atoms with Crippen LogP contribution in [0.25, 0.3) is 0 Å². The Labute approximate surface area is 121 Å². The van der Waals surface area contributed by atoms with Gasteiger partial charge in [0.2, 0.25) is 0 Å². The molecule has 0 unspecified atom stereocenters. The van der Waals surface area contributed by atoms with Gasteiger partial charge in [-0.05, 0) is 30.3 Å². The SMILES string of the molecule is NS(=O)(=O)Nc1cccc(NC(=O)c2ccccc2F)c1. The number of halogens is 1. The zero-order valence-electron chi connectivity index (χ0n) is 10.7. The Bertz CT molecular complexity index is 778. The van der Waals surface area contributed by atoms with Crippen LogP contribution in [0, 0.1) is 5.82 Å². The molecule has 0 saturated heterocycles. The molecule has 0 aliphatic carbocycles. The molecule has 110 valence electrons. The van der Waals surface area contributed by atoms with Crippen molar-refractivity contribution in [2.45, 2.75) is 0 Å². The van der Waals surface area contributed by atoms with E-state index in [0.717, 1.165) is 0 Å². The Hall–Kier alpha value is -2.45. The third-order valence-corrected chi connectivity index (χ3v) is 3.02. The quantitative estimate of drug-likeness (QED) is 0.801. The van der Waals surface area contributed by atoms with Gasteiger partial charge in [-0.2, -0.15) is 8.42 Å². The number of anilines is 2. The van der Waals surface area contributed by atoms with Gasteiger partial charge in [0.05, 0.1) is 11.3 Å². The summed E-state index contributed by atoms with van der Waals surface area (Å²) in [5.41, 5.74) is 0.378. The number of hydrogen-bond acceptors (Lipinski definition) is 3. The Balaban J connectivity index is 2.19. The summed E-state index contributed by atoms with van der Waals surface area (Å²) in [7, 11) is -3.90. The molecule has 0 radical (unpaired) electrons. The van der Waals surface area contributed by atoms with Gasteiger partial charge in [-0.25, -0.2) is 9.53 Å². The lowest BCUT2D eigenvalue weighted by Gasteiger charge is -2.08. The molecule has 0 spiro atoms. The first-order valence-electron chi connectivity index (χ1n) is 5.81. The molecule has 4 N–H and O–H groups in total. The van der Waals surface area contributed by atoms with Crippen LogP contribution >= 0.6 is 0 Å². The van der Waals surface area contributed by atoms with Crippen molar-refractivity contribution in [2.24, 2.45) is 5.14 Å². The minimum atomic E-state index is -3.90. The number of carbonyl (C=O) groups is 1. The highest BCUT2D eigenvalue weighted by molar-refractivity contribution is 7.90. The second-order valence-electron chi connectivity index (χ2n) is 4.16. The number of nitrogens with two attached hydrogens (primary N) is 1. The second-order valence-corrected chi connectivity index (χ2v) is 5.46. The van der Waals surface area contributed by atoms with Gasteiger partial charge in [-0.1, -0.05) is 18.2 Å². The zero-order valence-corrected chi connectivity index (χ0v) is 11.5. The van der Waals surface area contributed by atoms with Crippen molar-refractivity contribution in [1.29, 1.82) is 0 Å². The second kappa shape index (κ2) is 5.90. The Morgan fingerprint density at radius 3 is 2.38 bits per heavy atom. The number of hydrogen-bond donors (Lipinski definition) is 3. The highest BCUT2D eigenvalue weighted by atomic mass is 32.2. The van der Waals surface area contributed by atoms with E-state index in [1.807, 2.05) is 0 Å². The van der Waals surface area contributed by atoms with Gasteiger partial charge in [-0.15, -0.1) is 0 Å². The molecule has 0 saturated carbocycles. The van der Waals surface area contributed by atoms with Crippen molar-refractivity contribution >= 4 is 27.5 Å². The van der Waals surface area contributed by atoms with Crippen LogP contribution in [0.15, 0.2) is 48.5 Å². The van der Waals surface area contributed by atoms with Crippen molar-refractivity contribution in [3.05, 3.63) is 59.9 Å². The van der Waals surface area contributed by atoms with Crippen LogP contribution in [0.4, 0.5) is 15.8 Å². The molecule has 6 nitrogen and oxygen atoms in total. The molecule has 8 heteroatoms. The van der Waals surface area contributed by atoms with E-state index in [2.05, 4.69) is 10.0 Å². The van der Waals surface area contributed by atoms with Gasteiger partial charge in [0.1, 0.15) is 5.82 Å². The van der Waals surface area contributed by atoms with Gasteiger partial charge < -0.3 is 5.32 Å². The summed E-state index contributed by atoms with van der Waals surface area (Å²) in [6, 6.07) is 11.4. The van der Waals surface area contributed by atoms with E-state index in [-0.39, 0.29) is 11.3 Å². The summed E-state index contributed by atoms with van der Waals surface area (Å²) in [4.78, 5) is 11.9. The molecule has 1 amide bonds. The molecule has 0 fully saturated rings. The fraction of sp³-hybridized carbons (Fsp3) is 0. The number of rotatable bonds is 4. The maximum atomic E-state index is 13.5. The van der Waals surface area contributed by atoms with Crippen LogP contribution < -0.4 is 15.2 Å². The predicted molar refractivity (Wildman–Crippen MR) is 77.5 cm³/mol. The molecule has 0 heterocycles. The Morgan fingerprint density at radius 1 is 1.05 bits per heavy atom. The lowest BCUT2D eigenvalue weighted by Crippen LogP contribution is -2.21. The van der Waals surface area contributed by atoms with E-state index in [1.54, 1.807) is 0 Å². The fourth-order valence-electron chi connectivity index (χ4n) is 1.67. The van der Waals surface area contributed by atoms with Crippen molar-refractivity contribution in [3.8, 4) is 0 Å². The normalized spacial score (nSPS) is 11.0. The molecule has 0 atom stereocenters. The summed E-state index contributed by atoms with van der Waals surface area (Å²) in [5, 5.41) is 7.32. The summed E-state index contributed by atoms with van der Waals surface area (Å²) in [5.74, 6) is -1.28. The molecular formula is C13H12FN3O3S. The minimum absolute atomic E-state index is 0.109. The van der Waals surface area contributed by atoms with Gasteiger partial charge in [0.15, 0.2) is 0 Å². The molecule has 2 aromatic rings. The fourth-order valence-corrected chi connectivity index (χ4v) is 2.12. The van der Waals surface area contributed by atoms with Crippen LogP contribution in [-0.4, -0.2) is 14.3 Å². The molecule has 21 heavy (non-hydrogen) atoms. The number of carbonyl (C=O) groups excluding carboxylic acids is 1. The zero-order chi connectivity index (χ0) is 15.5. The molecule has 2 aromatic carbocycles. The Kier molecular flexibility index (Phi) is 4.20. The molecule has 0 aromatic heterocycles. The molecule has 0 aliphatic heterocycles. The highest BCUT2D eigenvalue weighted by Crippen LogP contribution is 2.17. The summed E-state index contributed by atoms with van der Waals surface area (Å²) in [6.07, 6.45) is 0. The summed E-state index contributed by atoms with van der Waals surface area (Å²) < 4.78 is 37.4. The maximum Gasteiger partial charge on any atom is 0.296 e. The van der Waals surface area contributed by atoms with Crippen molar-refractivity contribution in [2.75, 3.05) is 10.0 Å². The van der Waals surface area contributed by atoms with Gasteiger partial charge in [0, 0.05) is 5.69 Å². The predicted octanol–water partition coefficient (Wildman–Crippen LogP) is 1.69. The Morgan fingerprint density at radius 2 is 1.71 bits per heavy atom. The first kappa shape index (κ1) is 14.9. The van der Waals surface area contributed by atoms with Crippen LogP contribution in [0.1, 0.15) is 10.4 Å². The first-order chi connectivity index (χ1) is 9.85. The van der Waals surface area contributed by atoms with Crippen LogP contribution in [-0.2, 0) is 10.2 Å². The van der Waals surface area contributed by atoms with Crippen LogP contribution in [0.5, 0.6) is 0 Å². The van der Waals surface area contributed by atoms with E-state index < -0.39 is 21.9 Å². The van der Waals surface area contributed by atoms with E-state index >= 15 is 0 Å². The van der Waals surface area contributed by atoms with Crippen LogP contribution in [0.2, 0.25) is 0 Å². The van der Waals surface area contributed by atoms with Crippen LogP contribution in [0.3, 0.4) is 0 Å². The lowest BCUT2D eigenvalue weighted by molar-refractivity contribution is 0.102. The molecule has 0 bridgehead atoms. The maximum absolute atomic E-state index is 13.5. The van der Waals surface area contributed by atoms with Crippen molar-refractivity contribution in [1.82, 2.24) is 0 Å². The topological polar surface area (TPSA) is 101 Å². The summed E-state index contributed by atoms with van der Waals surface area (Å²) >= 11 is 0. The molecule has 2 rings (SSSR count). The van der Waals surface area contributed by atoms with Crippen molar-refractivity contribution in [3.63, 3.8) is 0 Å². The van der Waals surface area contributed by atoms with E-state index in [0.29, 0.717) is 5.69 Å². The lowest BCUT2D eigenvalue weighted by atomic mass is 10.2. The first-order valence-corrected chi connectivity index (χ1v) is 7.36. The number of amides is 1.